The lowest BCUT2D eigenvalue weighted by Crippen LogP contribution is -2.46. The molecule has 2 rings (SSSR count). The van der Waals surface area contributed by atoms with Crippen LogP contribution in [-0.2, 0) is 9.53 Å². The van der Waals surface area contributed by atoms with Gasteiger partial charge in [-0.1, -0.05) is 0 Å². The molecule has 0 radical (unpaired) electrons. The smallest absolute Gasteiger partial charge is 0.251 e. The van der Waals surface area contributed by atoms with E-state index in [1.807, 2.05) is 4.90 Å². The minimum atomic E-state index is -0.164. The molecule has 0 aromatic carbocycles. The lowest BCUT2D eigenvalue weighted by molar-refractivity contribution is -0.147. The minimum absolute atomic E-state index is 0.164. The highest BCUT2D eigenvalue weighted by Crippen LogP contribution is 2.20. The van der Waals surface area contributed by atoms with Crippen molar-refractivity contribution in [2.24, 2.45) is 11.7 Å². The van der Waals surface area contributed by atoms with Gasteiger partial charge in [-0.05, 0) is 44.6 Å². The van der Waals surface area contributed by atoms with Crippen LogP contribution in [0, 0.1) is 5.92 Å². The molecule has 1 amide bonds. The van der Waals surface area contributed by atoms with E-state index < -0.39 is 0 Å². The van der Waals surface area contributed by atoms with Crippen LogP contribution in [0.3, 0.4) is 0 Å². The first-order valence-electron chi connectivity index (χ1n) is 6.41. The van der Waals surface area contributed by atoms with Gasteiger partial charge in [0.25, 0.3) is 5.91 Å². The fourth-order valence-electron chi connectivity index (χ4n) is 2.53. The molecule has 0 aromatic rings. The second-order valence-electron chi connectivity index (χ2n) is 4.86. The summed E-state index contributed by atoms with van der Waals surface area (Å²) in [6, 6.07) is 0. The van der Waals surface area contributed by atoms with Crippen LogP contribution in [0.1, 0.15) is 32.1 Å². The number of carbonyl (C=O) groups is 1. The van der Waals surface area contributed by atoms with Gasteiger partial charge in [-0.15, -0.1) is 0 Å². The van der Waals surface area contributed by atoms with Crippen molar-refractivity contribution in [3.05, 3.63) is 0 Å². The molecule has 0 spiro atoms. The predicted octanol–water partition coefficient (Wildman–Crippen LogP) is 0.753. The van der Waals surface area contributed by atoms with Gasteiger partial charge in [-0.3, -0.25) is 4.79 Å². The number of nitrogens with two attached hydrogens (primary N) is 1. The summed E-state index contributed by atoms with van der Waals surface area (Å²) in [6.45, 7) is 3.22. The van der Waals surface area contributed by atoms with E-state index in [0.29, 0.717) is 5.92 Å². The van der Waals surface area contributed by atoms with Gasteiger partial charge in [0, 0.05) is 19.7 Å². The molecule has 2 aliphatic heterocycles. The molecule has 2 N–H and O–H groups in total. The van der Waals surface area contributed by atoms with Gasteiger partial charge in [0.15, 0.2) is 0 Å². The summed E-state index contributed by atoms with van der Waals surface area (Å²) in [5, 5.41) is 0. The zero-order valence-corrected chi connectivity index (χ0v) is 9.86. The molecule has 0 aliphatic carbocycles. The Bertz CT molecular complexity index is 231. The van der Waals surface area contributed by atoms with Crippen LogP contribution in [0.2, 0.25) is 0 Å². The number of likely N-dealkylation sites (tertiary alicyclic amines) is 1. The van der Waals surface area contributed by atoms with Crippen LogP contribution in [0.25, 0.3) is 0 Å². The van der Waals surface area contributed by atoms with Gasteiger partial charge in [0.2, 0.25) is 0 Å². The van der Waals surface area contributed by atoms with Gasteiger partial charge >= 0.3 is 0 Å². The number of rotatable bonds is 2. The third-order valence-corrected chi connectivity index (χ3v) is 3.71. The monoisotopic (exact) mass is 226 g/mol. The fourth-order valence-corrected chi connectivity index (χ4v) is 2.53. The number of nitrogens with zero attached hydrogens (tertiary/aromatic N) is 1. The maximum atomic E-state index is 12.1. The third-order valence-electron chi connectivity index (χ3n) is 3.71. The van der Waals surface area contributed by atoms with Gasteiger partial charge in [-0.2, -0.15) is 0 Å². The second-order valence-corrected chi connectivity index (χ2v) is 4.86. The van der Waals surface area contributed by atoms with E-state index in [1.54, 1.807) is 0 Å². The molecule has 2 heterocycles. The first-order valence-corrected chi connectivity index (χ1v) is 6.41. The van der Waals surface area contributed by atoms with Crippen molar-refractivity contribution in [2.75, 3.05) is 26.2 Å². The molecule has 2 aliphatic rings. The van der Waals surface area contributed by atoms with Crippen LogP contribution in [0.5, 0.6) is 0 Å². The fraction of sp³-hybridized carbons (Fsp3) is 0.917. The van der Waals surface area contributed by atoms with Gasteiger partial charge in [0.05, 0.1) is 0 Å². The summed E-state index contributed by atoms with van der Waals surface area (Å²) in [7, 11) is 0. The summed E-state index contributed by atoms with van der Waals surface area (Å²) in [5.41, 5.74) is 5.64. The number of hydrogen-bond acceptors (Lipinski definition) is 3. The number of ether oxygens (including phenoxy) is 1. The van der Waals surface area contributed by atoms with Crippen LogP contribution in [-0.4, -0.2) is 43.2 Å². The maximum absolute atomic E-state index is 12.1. The lowest BCUT2D eigenvalue weighted by Gasteiger charge is -2.34. The number of piperidine rings is 1. The SMILES string of the molecule is NCC1CCN(C(=O)C2CCCCO2)CC1. The highest BCUT2D eigenvalue weighted by atomic mass is 16.5. The second kappa shape index (κ2) is 5.64. The Morgan fingerprint density at radius 3 is 2.56 bits per heavy atom. The topological polar surface area (TPSA) is 55.6 Å². The lowest BCUT2D eigenvalue weighted by atomic mass is 9.96. The van der Waals surface area contributed by atoms with E-state index in [0.717, 1.165) is 58.3 Å². The average Bonchev–Trinajstić information content (AvgIpc) is 2.39. The van der Waals surface area contributed by atoms with Crippen molar-refractivity contribution in [2.45, 2.75) is 38.2 Å². The molecule has 1 unspecified atom stereocenters. The molecule has 0 bridgehead atoms. The summed E-state index contributed by atoms with van der Waals surface area (Å²) >= 11 is 0. The highest BCUT2D eigenvalue weighted by Gasteiger charge is 2.29. The Morgan fingerprint density at radius 2 is 2.00 bits per heavy atom. The van der Waals surface area contributed by atoms with Crippen molar-refractivity contribution < 1.29 is 9.53 Å². The number of carbonyl (C=O) groups excluding carboxylic acids is 1. The molecule has 4 nitrogen and oxygen atoms in total. The standard InChI is InChI=1S/C12H22N2O2/c13-9-10-4-6-14(7-5-10)12(15)11-3-1-2-8-16-11/h10-11H,1-9,13H2. The largest absolute Gasteiger partial charge is 0.368 e. The summed E-state index contributed by atoms with van der Waals surface area (Å²) in [6.07, 6.45) is 5.05. The van der Waals surface area contributed by atoms with Gasteiger partial charge in [0.1, 0.15) is 6.10 Å². The first-order chi connectivity index (χ1) is 7.81. The molecular weight excluding hydrogens is 204 g/mol. The van der Waals surface area contributed by atoms with Crippen molar-refractivity contribution in [3.8, 4) is 0 Å². The van der Waals surface area contributed by atoms with E-state index in [-0.39, 0.29) is 12.0 Å². The summed E-state index contributed by atoms with van der Waals surface area (Å²) in [5.74, 6) is 0.812. The van der Waals surface area contributed by atoms with E-state index in [1.165, 1.54) is 0 Å². The molecule has 1 atom stereocenters. The predicted molar refractivity (Wildman–Crippen MR) is 61.9 cm³/mol. The van der Waals surface area contributed by atoms with Crippen LogP contribution in [0.15, 0.2) is 0 Å². The molecule has 92 valence electrons. The van der Waals surface area contributed by atoms with Crippen LogP contribution in [0.4, 0.5) is 0 Å². The summed E-state index contributed by atoms with van der Waals surface area (Å²) in [4.78, 5) is 14.1. The molecular formula is C12H22N2O2. The Morgan fingerprint density at radius 1 is 1.25 bits per heavy atom. The van der Waals surface area contributed by atoms with E-state index in [4.69, 9.17) is 10.5 Å². The normalized spacial score (nSPS) is 28.1. The highest BCUT2D eigenvalue weighted by molar-refractivity contribution is 5.81. The van der Waals surface area contributed by atoms with Gasteiger partial charge in [-0.25, -0.2) is 0 Å². The molecule has 0 aromatic heterocycles. The minimum Gasteiger partial charge on any atom is -0.368 e. The Kier molecular flexibility index (Phi) is 4.18. The molecule has 2 fully saturated rings. The van der Waals surface area contributed by atoms with E-state index in [2.05, 4.69) is 0 Å². The zero-order chi connectivity index (χ0) is 11.4. The van der Waals surface area contributed by atoms with Gasteiger partial charge < -0.3 is 15.4 Å². The number of hydrogen-bond donors (Lipinski definition) is 1. The van der Waals surface area contributed by atoms with Crippen molar-refractivity contribution in [3.63, 3.8) is 0 Å². The first kappa shape index (κ1) is 11.9. The third kappa shape index (κ3) is 2.74. The molecule has 2 saturated heterocycles. The number of amides is 1. The van der Waals surface area contributed by atoms with E-state index in [9.17, 15) is 4.79 Å². The van der Waals surface area contributed by atoms with Crippen molar-refractivity contribution in [1.29, 1.82) is 0 Å². The van der Waals surface area contributed by atoms with Crippen molar-refractivity contribution in [1.82, 2.24) is 4.90 Å². The molecule has 0 saturated carbocycles. The quantitative estimate of drug-likeness (QED) is 0.756. The maximum Gasteiger partial charge on any atom is 0.251 e. The molecule has 4 heteroatoms. The summed E-state index contributed by atoms with van der Waals surface area (Å²) < 4.78 is 5.53. The average molecular weight is 226 g/mol. The Balaban J connectivity index is 1.81. The Labute approximate surface area is 97.1 Å². The van der Waals surface area contributed by atoms with Crippen molar-refractivity contribution >= 4 is 5.91 Å². The van der Waals surface area contributed by atoms with Crippen LogP contribution >= 0.6 is 0 Å². The van der Waals surface area contributed by atoms with E-state index >= 15 is 0 Å². The van der Waals surface area contributed by atoms with Crippen LogP contribution < -0.4 is 5.73 Å². The Hall–Kier alpha value is -0.610. The molecule has 16 heavy (non-hydrogen) atoms. The zero-order valence-electron chi connectivity index (χ0n) is 9.86.